The number of hydrogen-bond acceptors (Lipinski definition) is 5. The van der Waals surface area contributed by atoms with E-state index in [2.05, 4.69) is 0 Å². The van der Waals surface area contributed by atoms with Crippen LogP contribution in [0.1, 0.15) is 37.8 Å². The quantitative estimate of drug-likeness (QED) is 0.713. The fourth-order valence-corrected chi connectivity index (χ4v) is 4.20. The molecule has 0 aliphatic heterocycles. The number of carbonyl (C=O) groups is 2. The number of ether oxygens (including phenoxy) is 1. The van der Waals surface area contributed by atoms with Crippen LogP contribution in [0.15, 0.2) is 40.5 Å². The predicted molar refractivity (Wildman–Crippen MR) is 105 cm³/mol. The van der Waals surface area contributed by atoms with Crippen molar-refractivity contribution in [3.63, 3.8) is 0 Å². The van der Waals surface area contributed by atoms with Crippen LogP contribution in [0.3, 0.4) is 0 Å². The average Bonchev–Trinajstić information content (AvgIpc) is 3.00. The van der Waals surface area contributed by atoms with Crippen molar-refractivity contribution in [2.75, 3.05) is 11.5 Å². The topological polar surface area (TPSA) is 68.6 Å². The molecule has 0 unspecified atom stereocenters. The minimum atomic E-state index is -0.580. The summed E-state index contributed by atoms with van der Waals surface area (Å²) >= 11 is 1.04. The summed E-state index contributed by atoms with van der Waals surface area (Å²) < 4.78 is 6.55. The molecule has 6 nitrogen and oxygen atoms in total. The van der Waals surface area contributed by atoms with Crippen LogP contribution in [0.2, 0.25) is 0 Å². The van der Waals surface area contributed by atoms with Crippen LogP contribution in [0.4, 0.5) is 5.69 Å². The summed E-state index contributed by atoms with van der Waals surface area (Å²) in [6.45, 7) is 1.27. The highest BCUT2D eigenvalue weighted by Gasteiger charge is 2.27. The molecule has 1 aliphatic rings. The summed E-state index contributed by atoms with van der Waals surface area (Å²) in [5.41, 5.74) is 1.54. The number of amides is 1. The molecule has 1 aromatic carbocycles. The SMILES string of the molecule is Cc1csc(=O)n1CC(=O)OCC(=O)N(c1ccccc1)C1CCCCC1. The number of benzene rings is 1. The Hall–Kier alpha value is -2.41. The fourth-order valence-electron chi connectivity index (χ4n) is 3.47. The standard InChI is InChI=1S/C20H24N2O4S/c1-15-14-27-20(25)21(15)12-19(24)26-13-18(23)22(16-8-4-2-5-9-16)17-10-6-3-7-11-17/h2,4-5,8-9,14,17H,3,6-7,10-13H2,1H3. The second-order valence-corrected chi connectivity index (χ2v) is 7.60. The van der Waals surface area contributed by atoms with Crippen molar-refractivity contribution in [2.24, 2.45) is 0 Å². The first-order chi connectivity index (χ1) is 13.1. The summed E-state index contributed by atoms with van der Waals surface area (Å²) in [7, 11) is 0. The Kier molecular flexibility index (Phi) is 6.45. The molecule has 1 heterocycles. The van der Waals surface area contributed by atoms with Crippen molar-refractivity contribution in [1.29, 1.82) is 0 Å². The molecular weight excluding hydrogens is 364 g/mol. The Morgan fingerprint density at radius 2 is 1.89 bits per heavy atom. The molecule has 144 valence electrons. The molecular formula is C20H24N2O4S. The number of aryl methyl sites for hydroxylation is 1. The van der Waals surface area contributed by atoms with Gasteiger partial charge in [-0.3, -0.25) is 19.0 Å². The van der Waals surface area contributed by atoms with Gasteiger partial charge in [-0.15, -0.1) is 0 Å². The lowest BCUT2D eigenvalue weighted by Crippen LogP contribution is -2.44. The van der Waals surface area contributed by atoms with E-state index in [4.69, 9.17) is 4.74 Å². The van der Waals surface area contributed by atoms with Gasteiger partial charge in [0.1, 0.15) is 6.54 Å². The van der Waals surface area contributed by atoms with Crippen LogP contribution in [-0.2, 0) is 20.9 Å². The van der Waals surface area contributed by atoms with Gasteiger partial charge < -0.3 is 9.64 Å². The lowest BCUT2D eigenvalue weighted by atomic mass is 9.93. The molecule has 0 bridgehead atoms. The first-order valence-corrected chi connectivity index (χ1v) is 10.1. The third kappa shape index (κ3) is 4.86. The fraction of sp³-hybridized carbons (Fsp3) is 0.450. The van der Waals surface area contributed by atoms with Gasteiger partial charge in [0.25, 0.3) is 5.91 Å². The summed E-state index contributed by atoms with van der Waals surface area (Å²) in [4.78, 5) is 38.3. The van der Waals surface area contributed by atoms with Crippen molar-refractivity contribution in [3.8, 4) is 0 Å². The molecule has 1 saturated carbocycles. The van der Waals surface area contributed by atoms with Gasteiger partial charge >= 0.3 is 10.8 Å². The van der Waals surface area contributed by atoms with Crippen molar-refractivity contribution < 1.29 is 14.3 Å². The number of rotatable bonds is 6. The number of aromatic nitrogens is 1. The molecule has 0 saturated heterocycles. The van der Waals surface area contributed by atoms with Crippen LogP contribution in [0, 0.1) is 6.92 Å². The monoisotopic (exact) mass is 388 g/mol. The Balaban J connectivity index is 1.65. The lowest BCUT2D eigenvalue weighted by molar-refractivity contribution is -0.148. The largest absolute Gasteiger partial charge is 0.454 e. The average molecular weight is 388 g/mol. The van der Waals surface area contributed by atoms with Gasteiger partial charge in [0, 0.05) is 22.8 Å². The molecule has 1 aromatic heterocycles. The third-order valence-corrected chi connectivity index (χ3v) is 5.74. The van der Waals surface area contributed by atoms with Gasteiger partial charge in [0.15, 0.2) is 6.61 Å². The molecule has 0 radical (unpaired) electrons. The zero-order valence-electron chi connectivity index (χ0n) is 15.4. The van der Waals surface area contributed by atoms with Gasteiger partial charge in [-0.05, 0) is 31.9 Å². The number of carbonyl (C=O) groups excluding carboxylic acids is 2. The molecule has 0 N–H and O–H groups in total. The number of anilines is 1. The Morgan fingerprint density at radius 1 is 1.19 bits per heavy atom. The number of nitrogens with zero attached hydrogens (tertiary/aromatic N) is 2. The molecule has 0 atom stereocenters. The highest BCUT2D eigenvalue weighted by Crippen LogP contribution is 2.27. The molecule has 2 aromatic rings. The molecule has 1 aliphatic carbocycles. The Bertz CT molecular complexity index is 837. The number of para-hydroxylation sites is 1. The molecule has 27 heavy (non-hydrogen) atoms. The second-order valence-electron chi connectivity index (χ2n) is 6.78. The second kappa shape index (κ2) is 8.99. The zero-order valence-corrected chi connectivity index (χ0v) is 16.2. The summed E-state index contributed by atoms with van der Waals surface area (Å²) in [5, 5.41) is 1.70. The molecule has 1 amide bonds. The normalized spacial score (nSPS) is 14.7. The lowest BCUT2D eigenvalue weighted by Gasteiger charge is -2.34. The van der Waals surface area contributed by atoms with Crippen LogP contribution < -0.4 is 9.77 Å². The number of hydrogen-bond donors (Lipinski definition) is 0. The van der Waals surface area contributed by atoms with Crippen LogP contribution in [0.5, 0.6) is 0 Å². The van der Waals surface area contributed by atoms with Crippen molar-refractivity contribution in [1.82, 2.24) is 4.57 Å². The van der Waals surface area contributed by atoms with E-state index < -0.39 is 5.97 Å². The van der Waals surface area contributed by atoms with Gasteiger partial charge in [0.05, 0.1) is 0 Å². The van der Waals surface area contributed by atoms with Gasteiger partial charge in [-0.2, -0.15) is 0 Å². The third-order valence-electron chi connectivity index (χ3n) is 4.86. The summed E-state index contributed by atoms with van der Waals surface area (Å²) in [6.07, 6.45) is 5.30. The van der Waals surface area contributed by atoms with E-state index in [1.54, 1.807) is 17.2 Å². The predicted octanol–water partition coefficient (Wildman–Crippen LogP) is 3.13. The van der Waals surface area contributed by atoms with Gasteiger partial charge in [-0.1, -0.05) is 48.8 Å². The Labute approximate surface area is 162 Å². The van der Waals surface area contributed by atoms with E-state index in [9.17, 15) is 14.4 Å². The zero-order chi connectivity index (χ0) is 19.2. The highest BCUT2D eigenvalue weighted by molar-refractivity contribution is 7.07. The van der Waals surface area contributed by atoms with Gasteiger partial charge in [0.2, 0.25) is 0 Å². The molecule has 0 spiro atoms. The Morgan fingerprint density at radius 3 is 2.52 bits per heavy atom. The van der Waals surface area contributed by atoms with E-state index in [0.29, 0.717) is 5.69 Å². The van der Waals surface area contributed by atoms with Crippen LogP contribution in [0.25, 0.3) is 0 Å². The van der Waals surface area contributed by atoms with E-state index in [1.165, 1.54) is 11.0 Å². The molecule has 1 fully saturated rings. The van der Waals surface area contributed by atoms with E-state index >= 15 is 0 Å². The van der Waals surface area contributed by atoms with E-state index in [-0.39, 0.29) is 30.0 Å². The van der Waals surface area contributed by atoms with Crippen molar-refractivity contribution >= 4 is 28.9 Å². The minimum Gasteiger partial charge on any atom is -0.454 e. The first-order valence-electron chi connectivity index (χ1n) is 9.24. The van der Waals surface area contributed by atoms with E-state index in [0.717, 1.165) is 42.7 Å². The number of thiazole rings is 1. The van der Waals surface area contributed by atoms with Crippen LogP contribution >= 0.6 is 11.3 Å². The van der Waals surface area contributed by atoms with Crippen molar-refractivity contribution in [3.05, 3.63) is 51.1 Å². The smallest absolute Gasteiger partial charge is 0.326 e. The van der Waals surface area contributed by atoms with Gasteiger partial charge in [-0.25, -0.2) is 0 Å². The minimum absolute atomic E-state index is 0.133. The summed E-state index contributed by atoms with van der Waals surface area (Å²) in [6, 6.07) is 9.65. The molecule has 7 heteroatoms. The maximum Gasteiger partial charge on any atom is 0.326 e. The molecule has 3 rings (SSSR count). The summed E-state index contributed by atoms with van der Waals surface area (Å²) in [5.74, 6) is -0.806. The van der Waals surface area contributed by atoms with Crippen LogP contribution in [-0.4, -0.2) is 29.1 Å². The van der Waals surface area contributed by atoms with E-state index in [1.807, 2.05) is 30.3 Å². The number of esters is 1. The van der Waals surface area contributed by atoms with Crippen molar-refractivity contribution in [2.45, 2.75) is 51.6 Å². The maximum absolute atomic E-state index is 12.9. The maximum atomic E-state index is 12.9. The highest BCUT2D eigenvalue weighted by atomic mass is 32.1. The first kappa shape index (κ1) is 19.4.